The SMILES string of the molecule is CCC(N)(CO)CCCOCCCC(F)(F)F. The van der Waals surface area contributed by atoms with E-state index in [1.54, 1.807) is 0 Å². The number of hydrogen-bond donors (Lipinski definition) is 2. The predicted molar refractivity (Wildman–Crippen MR) is 59.6 cm³/mol. The van der Waals surface area contributed by atoms with Gasteiger partial charge < -0.3 is 15.6 Å². The first-order valence-corrected chi connectivity index (χ1v) is 5.87. The van der Waals surface area contributed by atoms with Crippen LogP contribution in [-0.4, -0.2) is 36.6 Å². The van der Waals surface area contributed by atoms with Gasteiger partial charge in [-0.3, -0.25) is 0 Å². The lowest BCUT2D eigenvalue weighted by Gasteiger charge is -2.25. The minimum Gasteiger partial charge on any atom is -0.394 e. The third-order valence-electron chi connectivity index (χ3n) is 2.73. The Kier molecular flexibility index (Phi) is 7.74. The van der Waals surface area contributed by atoms with Crippen molar-refractivity contribution in [3.63, 3.8) is 0 Å². The van der Waals surface area contributed by atoms with E-state index in [0.29, 0.717) is 25.9 Å². The second-order valence-electron chi connectivity index (χ2n) is 4.31. The quantitative estimate of drug-likeness (QED) is 0.623. The molecule has 0 saturated carbocycles. The maximum absolute atomic E-state index is 11.8. The average molecular weight is 257 g/mol. The molecular weight excluding hydrogens is 235 g/mol. The number of hydrogen-bond acceptors (Lipinski definition) is 3. The Morgan fingerprint density at radius 1 is 1.12 bits per heavy atom. The second-order valence-corrected chi connectivity index (χ2v) is 4.31. The molecule has 0 amide bonds. The van der Waals surface area contributed by atoms with Gasteiger partial charge in [-0.25, -0.2) is 0 Å². The molecule has 6 heteroatoms. The Morgan fingerprint density at radius 2 is 1.65 bits per heavy atom. The van der Waals surface area contributed by atoms with Crippen molar-refractivity contribution in [2.24, 2.45) is 5.73 Å². The summed E-state index contributed by atoms with van der Waals surface area (Å²) in [6.07, 6.45) is -2.99. The van der Waals surface area contributed by atoms with Gasteiger partial charge in [-0.05, 0) is 25.7 Å². The molecule has 104 valence electrons. The molecule has 0 fully saturated rings. The van der Waals surface area contributed by atoms with Gasteiger partial charge in [-0.2, -0.15) is 13.2 Å². The fourth-order valence-corrected chi connectivity index (χ4v) is 1.37. The van der Waals surface area contributed by atoms with Crippen LogP contribution in [0, 0.1) is 0 Å². The van der Waals surface area contributed by atoms with Gasteiger partial charge in [0.25, 0.3) is 0 Å². The van der Waals surface area contributed by atoms with Gasteiger partial charge >= 0.3 is 6.18 Å². The third kappa shape index (κ3) is 9.38. The number of nitrogens with two attached hydrogens (primary N) is 1. The lowest BCUT2D eigenvalue weighted by Crippen LogP contribution is -2.43. The highest BCUT2D eigenvalue weighted by Gasteiger charge is 2.26. The van der Waals surface area contributed by atoms with E-state index >= 15 is 0 Å². The lowest BCUT2D eigenvalue weighted by molar-refractivity contribution is -0.137. The largest absolute Gasteiger partial charge is 0.394 e. The van der Waals surface area contributed by atoms with Crippen LogP contribution in [-0.2, 0) is 4.74 Å². The molecule has 0 radical (unpaired) electrons. The van der Waals surface area contributed by atoms with Gasteiger partial charge in [0.15, 0.2) is 0 Å². The molecule has 3 N–H and O–H groups in total. The summed E-state index contributed by atoms with van der Waals surface area (Å²) in [6.45, 7) is 2.30. The Morgan fingerprint density at radius 3 is 2.06 bits per heavy atom. The highest BCUT2D eigenvalue weighted by molar-refractivity contribution is 4.81. The second kappa shape index (κ2) is 7.89. The fraction of sp³-hybridized carbons (Fsp3) is 1.00. The van der Waals surface area contributed by atoms with Crippen molar-refractivity contribution in [2.45, 2.75) is 50.7 Å². The summed E-state index contributed by atoms with van der Waals surface area (Å²) < 4.78 is 40.4. The Hall–Kier alpha value is -0.330. The molecule has 3 nitrogen and oxygen atoms in total. The van der Waals surface area contributed by atoms with Gasteiger partial charge in [-0.15, -0.1) is 0 Å². The minimum absolute atomic E-state index is 0.00888. The van der Waals surface area contributed by atoms with Gasteiger partial charge in [0.1, 0.15) is 0 Å². The van der Waals surface area contributed by atoms with Crippen molar-refractivity contribution in [1.82, 2.24) is 0 Å². The van der Waals surface area contributed by atoms with Crippen LogP contribution in [0.1, 0.15) is 39.0 Å². The first kappa shape index (κ1) is 16.7. The molecule has 0 aromatic heterocycles. The normalized spacial score (nSPS) is 15.9. The summed E-state index contributed by atoms with van der Waals surface area (Å²) in [6, 6.07) is 0. The zero-order valence-electron chi connectivity index (χ0n) is 10.2. The first-order chi connectivity index (χ1) is 7.83. The molecule has 0 aromatic rings. The van der Waals surface area contributed by atoms with E-state index in [4.69, 9.17) is 15.6 Å². The standard InChI is InChI=1S/C11H22F3NO2/c1-2-10(15,9-16)5-3-7-17-8-4-6-11(12,13)14/h16H,2-9,15H2,1H3. The maximum atomic E-state index is 11.8. The van der Waals surface area contributed by atoms with Crippen LogP contribution < -0.4 is 5.73 Å². The van der Waals surface area contributed by atoms with E-state index < -0.39 is 18.1 Å². The number of halogens is 3. The summed E-state index contributed by atoms with van der Waals surface area (Å²) in [5.74, 6) is 0. The van der Waals surface area contributed by atoms with E-state index in [2.05, 4.69) is 0 Å². The molecule has 0 rings (SSSR count). The maximum Gasteiger partial charge on any atom is 0.389 e. The third-order valence-corrected chi connectivity index (χ3v) is 2.73. The van der Waals surface area contributed by atoms with E-state index in [-0.39, 0.29) is 19.6 Å². The number of aliphatic hydroxyl groups is 1. The van der Waals surface area contributed by atoms with Crippen LogP contribution in [0.5, 0.6) is 0 Å². The van der Waals surface area contributed by atoms with Crippen molar-refractivity contribution in [1.29, 1.82) is 0 Å². The molecule has 1 unspecified atom stereocenters. The average Bonchev–Trinajstić information content (AvgIpc) is 2.26. The van der Waals surface area contributed by atoms with E-state index in [9.17, 15) is 13.2 Å². The highest BCUT2D eigenvalue weighted by Crippen LogP contribution is 2.21. The summed E-state index contributed by atoms with van der Waals surface area (Å²) in [4.78, 5) is 0. The summed E-state index contributed by atoms with van der Waals surface area (Å²) in [5, 5.41) is 9.02. The molecule has 0 heterocycles. The molecule has 0 aliphatic carbocycles. The van der Waals surface area contributed by atoms with Crippen LogP contribution in [0.15, 0.2) is 0 Å². The van der Waals surface area contributed by atoms with Crippen LogP contribution in [0.3, 0.4) is 0 Å². The molecule has 1 atom stereocenters. The Labute approximate surface area is 100 Å². The predicted octanol–water partition coefficient (Wildman–Crippen LogP) is 2.23. The van der Waals surface area contributed by atoms with Crippen LogP contribution in [0.25, 0.3) is 0 Å². The van der Waals surface area contributed by atoms with Gasteiger partial charge in [0.05, 0.1) is 6.61 Å². The number of aliphatic hydroxyl groups excluding tert-OH is 1. The number of rotatable bonds is 9. The Bertz CT molecular complexity index is 194. The van der Waals surface area contributed by atoms with Crippen LogP contribution in [0.4, 0.5) is 13.2 Å². The summed E-state index contributed by atoms with van der Waals surface area (Å²) in [5.41, 5.74) is 5.25. The van der Waals surface area contributed by atoms with Crippen LogP contribution in [0.2, 0.25) is 0 Å². The van der Waals surface area contributed by atoms with Gasteiger partial charge in [-0.1, -0.05) is 6.92 Å². The number of ether oxygens (including phenoxy) is 1. The summed E-state index contributed by atoms with van der Waals surface area (Å²) >= 11 is 0. The van der Waals surface area contributed by atoms with Crippen molar-refractivity contribution in [3.8, 4) is 0 Å². The van der Waals surface area contributed by atoms with Crippen molar-refractivity contribution >= 4 is 0 Å². The minimum atomic E-state index is -4.10. The van der Waals surface area contributed by atoms with Crippen LogP contribution >= 0.6 is 0 Å². The first-order valence-electron chi connectivity index (χ1n) is 5.87. The van der Waals surface area contributed by atoms with Crippen molar-refractivity contribution < 1.29 is 23.0 Å². The molecule has 0 aliphatic rings. The molecule has 0 aliphatic heterocycles. The zero-order chi connectivity index (χ0) is 13.4. The lowest BCUT2D eigenvalue weighted by atomic mass is 9.93. The van der Waals surface area contributed by atoms with Gasteiger partial charge in [0, 0.05) is 25.2 Å². The molecular formula is C11H22F3NO2. The molecule has 0 bridgehead atoms. The molecule has 0 aromatic carbocycles. The molecule has 17 heavy (non-hydrogen) atoms. The Balaban J connectivity index is 3.41. The summed E-state index contributed by atoms with van der Waals surface area (Å²) in [7, 11) is 0. The van der Waals surface area contributed by atoms with E-state index in [0.717, 1.165) is 0 Å². The highest BCUT2D eigenvalue weighted by atomic mass is 19.4. The molecule has 0 spiro atoms. The zero-order valence-corrected chi connectivity index (χ0v) is 10.2. The monoisotopic (exact) mass is 257 g/mol. The van der Waals surface area contributed by atoms with Crippen molar-refractivity contribution in [2.75, 3.05) is 19.8 Å². The van der Waals surface area contributed by atoms with Crippen molar-refractivity contribution in [3.05, 3.63) is 0 Å². The number of alkyl halides is 3. The van der Waals surface area contributed by atoms with E-state index in [1.165, 1.54) is 0 Å². The topological polar surface area (TPSA) is 55.5 Å². The fourth-order valence-electron chi connectivity index (χ4n) is 1.37. The van der Waals surface area contributed by atoms with Gasteiger partial charge in [0.2, 0.25) is 0 Å². The smallest absolute Gasteiger partial charge is 0.389 e. The van der Waals surface area contributed by atoms with E-state index in [1.807, 2.05) is 6.92 Å². The molecule has 0 saturated heterocycles.